The van der Waals surface area contributed by atoms with Crippen LogP contribution < -0.4 is 15.8 Å². The summed E-state index contributed by atoms with van der Waals surface area (Å²) in [5.74, 6) is 1.19. The van der Waals surface area contributed by atoms with Gasteiger partial charge in [-0.25, -0.2) is 4.79 Å². The number of urea groups is 1. The zero-order valence-electron chi connectivity index (χ0n) is 15.5. The first kappa shape index (κ1) is 20.7. The minimum Gasteiger partial charge on any atom is -0.496 e. The molecule has 8 nitrogen and oxygen atoms in total. The van der Waals surface area contributed by atoms with E-state index in [0.29, 0.717) is 27.5 Å². The summed E-state index contributed by atoms with van der Waals surface area (Å²) in [5, 5.41) is 11.9. The lowest BCUT2D eigenvalue weighted by molar-refractivity contribution is -0.119. The number of carbonyl (C=O) groups is 2. The van der Waals surface area contributed by atoms with Crippen molar-refractivity contribution < 1.29 is 14.3 Å². The highest BCUT2D eigenvalue weighted by Gasteiger charge is 2.19. The van der Waals surface area contributed by atoms with Gasteiger partial charge >= 0.3 is 6.03 Å². The van der Waals surface area contributed by atoms with Crippen molar-refractivity contribution in [2.24, 2.45) is 5.73 Å². The predicted octanol–water partition coefficient (Wildman–Crippen LogP) is 3.27. The van der Waals surface area contributed by atoms with Crippen LogP contribution in [0.2, 0.25) is 5.02 Å². The number of primary amides is 1. The van der Waals surface area contributed by atoms with E-state index >= 15 is 0 Å². The first-order valence-corrected chi connectivity index (χ1v) is 9.92. The van der Waals surface area contributed by atoms with Crippen molar-refractivity contribution in [3.8, 4) is 22.8 Å². The summed E-state index contributed by atoms with van der Waals surface area (Å²) in [5.41, 5.74) is 6.54. The number of ether oxygens (including phenoxy) is 1. The number of aromatic nitrogens is 3. The zero-order valence-corrected chi connectivity index (χ0v) is 17.0. The van der Waals surface area contributed by atoms with Crippen molar-refractivity contribution in [3.05, 3.63) is 53.6 Å². The van der Waals surface area contributed by atoms with E-state index in [-0.39, 0.29) is 6.42 Å². The fourth-order valence-corrected chi connectivity index (χ4v) is 3.64. The van der Waals surface area contributed by atoms with E-state index in [2.05, 4.69) is 10.2 Å². The van der Waals surface area contributed by atoms with E-state index in [1.54, 1.807) is 19.2 Å². The number of benzene rings is 2. The Bertz CT molecular complexity index is 1020. The van der Waals surface area contributed by atoms with E-state index in [0.717, 1.165) is 11.3 Å². The van der Waals surface area contributed by atoms with Gasteiger partial charge in [-0.2, -0.15) is 0 Å². The van der Waals surface area contributed by atoms with Crippen molar-refractivity contribution in [1.29, 1.82) is 0 Å². The molecule has 0 atom stereocenters. The van der Waals surface area contributed by atoms with Gasteiger partial charge in [0.05, 0.1) is 12.7 Å². The molecule has 0 bridgehead atoms. The van der Waals surface area contributed by atoms with Gasteiger partial charge in [-0.05, 0) is 36.4 Å². The number of nitrogens with two attached hydrogens (primary N) is 1. The fourth-order valence-electron chi connectivity index (χ4n) is 2.63. The van der Waals surface area contributed by atoms with Crippen molar-refractivity contribution >= 4 is 35.3 Å². The van der Waals surface area contributed by atoms with Crippen LogP contribution in [-0.4, -0.2) is 39.6 Å². The molecule has 0 fully saturated rings. The van der Waals surface area contributed by atoms with Gasteiger partial charge in [-0.1, -0.05) is 35.5 Å². The molecule has 0 saturated carbocycles. The van der Waals surface area contributed by atoms with Gasteiger partial charge in [0.2, 0.25) is 5.91 Å². The van der Waals surface area contributed by atoms with Gasteiger partial charge in [0.25, 0.3) is 0 Å². The highest BCUT2D eigenvalue weighted by Crippen LogP contribution is 2.33. The van der Waals surface area contributed by atoms with Crippen LogP contribution in [0.15, 0.2) is 53.7 Å². The highest BCUT2D eigenvalue weighted by molar-refractivity contribution is 7.99. The summed E-state index contributed by atoms with van der Waals surface area (Å²) in [7, 11) is 1.59. The number of amides is 3. The maximum atomic E-state index is 11.6. The maximum absolute atomic E-state index is 11.6. The van der Waals surface area contributed by atoms with Crippen molar-refractivity contribution in [3.63, 3.8) is 0 Å². The zero-order chi connectivity index (χ0) is 20.8. The fraction of sp³-hybridized carbons (Fsp3) is 0.158. The molecule has 3 amide bonds. The number of thioether (sulfide) groups is 1. The Morgan fingerprint density at radius 3 is 2.59 bits per heavy atom. The number of carbonyl (C=O) groups excluding carboxylic acids is 2. The quantitative estimate of drug-likeness (QED) is 0.555. The Kier molecular flexibility index (Phi) is 6.73. The molecule has 0 aliphatic heterocycles. The Morgan fingerprint density at radius 2 is 1.90 bits per heavy atom. The van der Waals surface area contributed by atoms with Gasteiger partial charge < -0.3 is 10.5 Å². The average molecular weight is 432 g/mol. The monoisotopic (exact) mass is 431 g/mol. The Hall–Kier alpha value is -3.04. The SMILES string of the molecule is COc1ccccc1-c1nnc(SCCC(=O)NC(N)=O)n1-c1ccc(Cl)cc1. The normalized spacial score (nSPS) is 10.6. The molecule has 0 aliphatic rings. The van der Waals surface area contributed by atoms with E-state index in [4.69, 9.17) is 22.1 Å². The van der Waals surface area contributed by atoms with Crippen LogP contribution in [0.4, 0.5) is 4.79 Å². The van der Waals surface area contributed by atoms with Crippen LogP contribution in [0.3, 0.4) is 0 Å². The number of para-hydroxylation sites is 1. The first-order chi connectivity index (χ1) is 14.0. The summed E-state index contributed by atoms with van der Waals surface area (Å²) < 4.78 is 7.33. The number of nitrogens with one attached hydrogen (secondary N) is 1. The lowest BCUT2D eigenvalue weighted by atomic mass is 10.2. The van der Waals surface area contributed by atoms with E-state index in [9.17, 15) is 9.59 Å². The lowest BCUT2D eigenvalue weighted by Gasteiger charge is -2.12. The van der Waals surface area contributed by atoms with Crippen LogP contribution >= 0.6 is 23.4 Å². The summed E-state index contributed by atoms with van der Waals surface area (Å²) >= 11 is 7.36. The third-order valence-electron chi connectivity index (χ3n) is 3.89. The van der Waals surface area contributed by atoms with Crippen LogP contribution in [0.1, 0.15) is 6.42 Å². The van der Waals surface area contributed by atoms with Crippen LogP contribution in [0.25, 0.3) is 17.1 Å². The second kappa shape index (κ2) is 9.44. The number of nitrogens with zero attached hydrogens (tertiary/aromatic N) is 3. The summed E-state index contributed by atoms with van der Waals surface area (Å²) in [4.78, 5) is 22.4. The molecule has 1 heterocycles. The molecule has 0 spiro atoms. The third-order valence-corrected chi connectivity index (χ3v) is 5.07. The van der Waals surface area contributed by atoms with E-state index in [1.807, 2.05) is 46.3 Å². The molecule has 29 heavy (non-hydrogen) atoms. The van der Waals surface area contributed by atoms with Gasteiger partial charge in [-0.15, -0.1) is 10.2 Å². The molecule has 3 aromatic rings. The summed E-state index contributed by atoms with van der Waals surface area (Å²) in [6, 6.07) is 13.9. The molecule has 0 aliphatic carbocycles. The highest BCUT2D eigenvalue weighted by atomic mass is 35.5. The molecule has 3 rings (SSSR count). The standard InChI is InChI=1S/C19H18ClN5O3S/c1-28-15-5-3-2-4-14(15)17-23-24-19(29-11-10-16(26)22-18(21)27)25(17)13-8-6-12(20)7-9-13/h2-9H,10-11H2,1H3,(H3,21,22,26,27). The number of hydrogen-bond donors (Lipinski definition) is 2. The number of imide groups is 1. The number of methoxy groups -OCH3 is 1. The van der Waals surface area contributed by atoms with Gasteiger partial charge in [0.15, 0.2) is 11.0 Å². The van der Waals surface area contributed by atoms with Gasteiger partial charge in [0.1, 0.15) is 5.75 Å². The summed E-state index contributed by atoms with van der Waals surface area (Å²) in [6.45, 7) is 0. The summed E-state index contributed by atoms with van der Waals surface area (Å²) in [6.07, 6.45) is 0.102. The van der Waals surface area contributed by atoms with Crippen LogP contribution in [0.5, 0.6) is 5.75 Å². The molecule has 150 valence electrons. The topological polar surface area (TPSA) is 112 Å². The lowest BCUT2D eigenvalue weighted by Crippen LogP contribution is -2.35. The van der Waals surface area contributed by atoms with Crippen LogP contribution in [-0.2, 0) is 4.79 Å². The molecule has 3 N–H and O–H groups in total. The Balaban J connectivity index is 1.95. The second-order valence-corrected chi connectivity index (χ2v) is 7.33. The molecule has 0 radical (unpaired) electrons. The smallest absolute Gasteiger partial charge is 0.318 e. The maximum Gasteiger partial charge on any atom is 0.318 e. The number of hydrogen-bond acceptors (Lipinski definition) is 6. The molecular weight excluding hydrogens is 414 g/mol. The first-order valence-electron chi connectivity index (χ1n) is 8.56. The van der Waals surface area contributed by atoms with E-state index in [1.165, 1.54) is 11.8 Å². The Labute approximate surface area is 176 Å². The van der Waals surface area contributed by atoms with Gasteiger partial charge in [-0.3, -0.25) is 14.7 Å². The Morgan fingerprint density at radius 1 is 1.17 bits per heavy atom. The largest absolute Gasteiger partial charge is 0.496 e. The third kappa shape index (κ3) is 5.07. The van der Waals surface area contributed by atoms with Crippen LogP contribution in [0, 0.1) is 0 Å². The number of rotatable bonds is 7. The molecule has 10 heteroatoms. The van der Waals surface area contributed by atoms with E-state index < -0.39 is 11.9 Å². The minimum atomic E-state index is -0.872. The van der Waals surface area contributed by atoms with Crippen molar-refractivity contribution in [2.45, 2.75) is 11.6 Å². The average Bonchev–Trinajstić information content (AvgIpc) is 3.11. The minimum absolute atomic E-state index is 0.102. The number of halogens is 1. The molecule has 1 aromatic heterocycles. The van der Waals surface area contributed by atoms with Crippen molar-refractivity contribution in [2.75, 3.05) is 12.9 Å². The molecule has 0 unspecified atom stereocenters. The second-order valence-electron chi connectivity index (χ2n) is 5.83. The predicted molar refractivity (Wildman–Crippen MR) is 111 cm³/mol. The molecule has 0 saturated heterocycles. The van der Waals surface area contributed by atoms with Crippen molar-refractivity contribution in [1.82, 2.24) is 20.1 Å². The molecule has 2 aromatic carbocycles. The van der Waals surface area contributed by atoms with Gasteiger partial charge in [0, 0.05) is 22.9 Å². The molecular formula is C19H18ClN5O3S.